The maximum atomic E-state index is 13.1. The number of benzene rings is 1. The number of pyridine rings is 1. The molecule has 2 aromatic heterocycles. The van der Waals surface area contributed by atoms with Gasteiger partial charge in [-0.15, -0.1) is 11.3 Å². The predicted octanol–water partition coefficient (Wildman–Crippen LogP) is 5.58. The lowest BCUT2D eigenvalue weighted by Crippen LogP contribution is -2.38. The van der Waals surface area contributed by atoms with Crippen molar-refractivity contribution >= 4 is 45.6 Å². The smallest absolute Gasteiger partial charge is 0.329 e. The van der Waals surface area contributed by atoms with Gasteiger partial charge in [0.15, 0.2) is 10.9 Å². The molecule has 3 aromatic rings. The summed E-state index contributed by atoms with van der Waals surface area (Å²) in [5.41, 5.74) is 3.44. The molecule has 6 nitrogen and oxygen atoms in total. The molecule has 2 amide bonds. The normalized spacial score (nSPS) is 16.0. The highest BCUT2D eigenvalue weighted by Crippen LogP contribution is 2.32. The van der Waals surface area contributed by atoms with Gasteiger partial charge >= 0.3 is 6.03 Å². The van der Waals surface area contributed by atoms with Crippen molar-refractivity contribution in [1.29, 1.82) is 0 Å². The van der Waals surface area contributed by atoms with E-state index >= 15 is 0 Å². The molecule has 1 atom stereocenters. The first kappa shape index (κ1) is 19.7. The second-order valence-electron chi connectivity index (χ2n) is 7.27. The van der Waals surface area contributed by atoms with Gasteiger partial charge in [0.1, 0.15) is 0 Å². The summed E-state index contributed by atoms with van der Waals surface area (Å²) in [6, 6.07) is 11.2. The van der Waals surface area contributed by atoms with E-state index in [1.807, 2.05) is 50.2 Å². The molecule has 4 rings (SSSR count). The molecular formula is C21H22ClN5OS. The Balaban J connectivity index is 1.70. The van der Waals surface area contributed by atoms with Crippen LogP contribution in [0.1, 0.15) is 17.5 Å². The van der Waals surface area contributed by atoms with E-state index in [2.05, 4.69) is 22.5 Å². The average molecular weight is 428 g/mol. The van der Waals surface area contributed by atoms with Crippen molar-refractivity contribution in [3.63, 3.8) is 0 Å². The Morgan fingerprint density at radius 1 is 1.28 bits per heavy atom. The van der Waals surface area contributed by atoms with Crippen molar-refractivity contribution in [3.05, 3.63) is 52.0 Å². The molecular weight excluding hydrogens is 406 g/mol. The number of fused-ring (bicyclic) bond motifs is 1. The van der Waals surface area contributed by atoms with Gasteiger partial charge in [-0.25, -0.2) is 14.8 Å². The molecule has 1 aliphatic heterocycles. The Kier molecular flexibility index (Phi) is 5.43. The van der Waals surface area contributed by atoms with Crippen molar-refractivity contribution in [2.24, 2.45) is 5.92 Å². The van der Waals surface area contributed by atoms with E-state index in [1.165, 1.54) is 11.3 Å². The minimum absolute atomic E-state index is 0.230. The van der Waals surface area contributed by atoms with Crippen molar-refractivity contribution in [2.45, 2.75) is 20.8 Å². The van der Waals surface area contributed by atoms with Gasteiger partial charge in [0.05, 0.1) is 17.1 Å². The number of aromatic nitrogens is 2. The number of carbonyl (C=O) groups excluding carboxylic acids is 1. The third kappa shape index (κ3) is 4.21. The van der Waals surface area contributed by atoms with Crippen LogP contribution in [0, 0.1) is 19.8 Å². The molecule has 0 saturated heterocycles. The monoisotopic (exact) mass is 427 g/mol. The molecule has 8 heteroatoms. The van der Waals surface area contributed by atoms with E-state index in [-0.39, 0.29) is 11.9 Å². The van der Waals surface area contributed by atoms with Gasteiger partial charge < -0.3 is 5.32 Å². The van der Waals surface area contributed by atoms with Crippen molar-refractivity contribution in [1.82, 2.24) is 9.97 Å². The maximum absolute atomic E-state index is 13.1. The molecule has 1 aromatic carbocycles. The molecule has 0 radical (unpaired) electrons. The Labute approximate surface area is 178 Å². The SMILES string of the molecule is Cc1nc(NC(=O)N2C[C@H](C)CNc3ccc(-c4cccc(Cl)c4)nc32)sc1C. The Bertz CT molecular complexity index is 1050. The van der Waals surface area contributed by atoms with Crippen LogP contribution in [0.2, 0.25) is 5.02 Å². The van der Waals surface area contributed by atoms with Gasteiger partial charge in [0.25, 0.3) is 0 Å². The quantitative estimate of drug-likeness (QED) is 0.560. The number of halogens is 1. The van der Waals surface area contributed by atoms with Crippen LogP contribution in [-0.4, -0.2) is 29.1 Å². The highest BCUT2D eigenvalue weighted by Gasteiger charge is 2.27. The molecule has 0 fully saturated rings. The van der Waals surface area contributed by atoms with Crippen LogP contribution in [0.5, 0.6) is 0 Å². The summed E-state index contributed by atoms with van der Waals surface area (Å²) in [4.78, 5) is 25.2. The molecule has 150 valence electrons. The number of nitrogens with zero attached hydrogens (tertiary/aromatic N) is 3. The second-order valence-corrected chi connectivity index (χ2v) is 8.91. The minimum atomic E-state index is -0.230. The average Bonchev–Trinajstić information content (AvgIpc) is 2.91. The first-order valence-electron chi connectivity index (χ1n) is 9.44. The molecule has 0 spiro atoms. The van der Waals surface area contributed by atoms with Crippen molar-refractivity contribution in [3.8, 4) is 11.3 Å². The van der Waals surface area contributed by atoms with Gasteiger partial charge in [0, 0.05) is 28.6 Å². The summed E-state index contributed by atoms with van der Waals surface area (Å²) >= 11 is 7.62. The topological polar surface area (TPSA) is 70.2 Å². The Morgan fingerprint density at radius 2 is 2.10 bits per heavy atom. The first-order valence-corrected chi connectivity index (χ1v) is 10.6. The third-order valence-electron chi connectivity index (χ3n) is 4.87. The van der Waals surface area contributed by atoms with Crippen LogP contribution in [0.4, 0.5) is 21.4 Å². The zero-order valence-electron chi connectivity index (χ0n) is 16.5. The van der Waals surface area contributed by atoms with Gasteiger partial charge in [-0.1, -0.05) is 30.7 Å². The van der Waals surface area contributed by atoms with Gasteiger partial charge in [-0.05, 0) is 44.0 Å². The summed E-state index contributed by atoms with van der Waals surface area (Å²) in [5, 5.41) is 7.59. The first-order chi connectivity index (χ1) is 13.9. The Morgan fingerprint density at radius 3 is 2.83 bits per heavy atom. The van der Waals surface area contributed by atoms with Gasteiger partial charge in [-0.2, -0.15) is 0 Å². The summed E-state index contributed by atoms with van der Waals surface area (Å²) in [6.45, 7) is 7.36. The molecule has 2 N–H and O–H groups in total. The highest BCUT2D eigenvalue weighted by atomic mass is 35.5. The van der Waals surface area contributed by atoms with Crippen LogP contribution in [-0.2, 0) is 0 Å². The number of carbonyl (C=O) groups is 1. The van der Waals surface area contributed by atoms with Gasteiger partial charge in [-0.3, -0.25) is 10.2 Å². The molecule has 29 heavy (non-hydrogen) atoms. The molecule has 1 aliphatic rings. The lowest BCUT2D eigenvalue weighted by molar-refractivity contribution is 0.256. The van der Waals surface area contributed by atoms with E-state index in [0.29, 0.717) is 22.5 Å². The number of hydrogen-bond donors (Lipinski definition) is 2. The van der Waals surface area contributed by atoms with E-state index in [0.717, 1.165) is 34.1 Å². The molecule has 0 aliphatic carbocycles. The summed E-state index contributed by atoms with van der Waals surface area (Å²) in [7, 11) is 0. The van der Waals surface area contributed by atoms with Crippen LogP contribution in [0.25, 0.3) is 11.3 Å². The molecule has 0 unspecified atom stereocenters. The lowest BCUT2D eigenvalue weighted by atomic mass is 10.1. The van der Waals surface area contributed by atoms with E-state index < -0.39 is 0 Å². The standard InChI is InChI=1S/C21H22ClN5OS/c1-12-10-23-18-8-7-17(15-5-4-6-16(22)9-15)25-19(18)27(11-12)21(28)26-20-24-13(2)14(3)29-20/h4-9,12,23H,10-11H2,1-3H3,(H,24,26,28)/t12-/m1/s1. The van der Waals surface area contributed by atoms with E-state index in [4.69, 9.17) is 16.6 Å². The maximum Gasteiger partial charge on any atom is 0.329 e. The summed E-state index contributed by atoms with van der Waals surface area (Å²) in [5.74, 6) is 0.874. The second kappa shape index (κ2) is 8.00. The zero-order chi connectivity index (χ0) is 20.5. The fourth-order valence-electron chi connectivity index (χ4n) is 3.21. The van der Waals surface area contributed by atoms with Crippen molar-refractivity contribution in [2.75, 3.05) is 28.6 Å². The summed E-state index contributed by atoms with van der Waals surface area (Å²) < 4.78 is 0. The Hall–Kier alpha value is -2.64. The summed E-state index contributed by atoms with van der Waals surface area (Å²) in [6.07, 6.45) is 0. The highest BCUT2D eigenvalue weighted by molar-refractivity contribution is 7.15. The van der Waals surface area contributed by atoms with Crippen LogP contribution < -0.4 is 15.5 Å². The largest absolute Gasteiger partial charge is 0.382 e. The number of aryl methyl sites for hydroxylation is 2. The van der Waals surface area contributed by atoms with E-state index in [1.54, 1.807) is 4.90 Å². The fourth-order valence-corrected chi connectivity index (χ4v) is 4.21. The fraction of sp³-hybridized carbons (Fsp3) is 0.286. The molecule has 0 saturated carbocycles. The predicted molar refractivity (Wildman–Crippen MR) is 120 cm³/mol. The van der Waals surface area contributed by atoms with Crippen LogP contribution in [0.3, 0.4) is 0 Å². The number of anilines is 3. The number of thiazole rings is 1. The lowest BCUT2D eigenvalue weighted by Gasteiger charge is -2.23. The number of urea groups is 1. The number of rotatable bonds is 2. The number of amides is 2. The number of nitrogens with one attached hydrogen (secondary N) is 2. The van der Waals surface area contributed by atoms with Crippen LogP contribution >= 0.6 is 22.9 Å². The number of hydrogen-bond acceptors (Lipinski definition) is 5. The molecule has 0 bridgehead atoms. The minimum Gasteiger partial charge on any atom is -0.382 e. The zero-order valence-corrected chi connectivity index (χ0v) is 18.1. The van der Waals surface area contributed by atoms with Gasteiger partial charge in [0.2, 0.25) is 0 Å². The van der Waals surface area contributed by atoms with Crippen molar-refractivity contribution < 1.29 is 4.79 Å². The third-order valence-corrected chi connectivity index (χ3v) is 6.10. The van der Waals surface area contributed by atoms with E-state index in [9.17, 15) is 4.79 Å². The van der Waals surface area contributed by atoms with Crippen LogP contribution in [0.15, 0.2) is 36.4 Å². The molecule has 3 heterocycles.